The van der Waals surface area contributed by atoms with Crippen LogP contribution in [0.3, 0.4) is 0 Å². The van der Waals surface area contributed by atoms with Gasteiger partial charge in [0.1, 0.15) is 12.3 Å². The molecule has 1 saturated heterocycles. The zero-order valence-electron chi connectivity index (χ0n) is 21.1. The van der Waals surface area contributed by atoms with E-state index in [2.05, 4.69) is 51.4 Å². The second kappa shape index (κ2) is 9.85. The summed E-state index contributed by atoms with van der Waals surface area (Å²) in [6.45, 7) is 4.80. The molecule has 10 heteroatoms. The zero-order chi connectivity index (χ0) is 26.3. The number of aromatic nitrogens is 2. The highest BCUT2D eigenvalue weighted by Gasteiger charge is 2.38. The van der Waals surface area contributed by atoms with E-state index in [1.807, 2.05) is 0 Å². The molecule has 0 radical (unpaired) electrons. The summed E-state index contributed by atoms with van der Waals surface area (Å²) in [5.74, 6) is 0.272. The summed E-state index contributed by atoms with van der Waals surface area (Å²) in [6.07, 6.45) is 5.52. The first kappa shape index (κ1) is 25.3. The quantitative estimate of drug-likeness (QED) is 0.507. The Morgan fingerprint density at radius 1 is 1.16 bits per heavy atom. The molecule has 2 N–H and O–H groups in total. The highest BCUT2D eigenvalue weighted by molar-refractivity contribution is 7.90. The van der Waals surface area contributed by atoms with Crippen LogP contribution in [0.5, 0.6) is 0 Å². The minimum absolute atomic E-state index is 0.188. The molecular formula is C27H31N5O4S. The molecule has 2 unspecified atom stereocenters. The number of sulfone groups is 1. The van der Waals surface area contributed by atoms with Crippen molar-refractivity contribution in [3.63, 3.8) is 0 Å². The summed E-state index contributed by atoms with van der Waals surface area (Å²) >= 11 is 0. The van der Waals surface area contributed by atoms with E-state index >= 15 is 0 Å². The molecule has 2 aliphatic heterocycles. The Morgan fingerprint density at radius 3 is 2.59 bits per heavy atom. The molecule has 3 heterocycles. The van der Waals surface area contributed by atoms with Crippen LogP contribution in [0.15, 0.2) is 59.8 Å². The maximum Gasteiger partial charge on any atom is 0.246 e. The topological polar surface area (TPSA) is 116 Å². The minimum Gasteiger partial charge on any atom is -0.379 e. The van der Waals surface area contributed by atoms with Crippen molar-refractivity contribution < 1.29 is 18.3 Å². The fraction of sp³-hybridized carbons (Fsp3) is 0.370. The number of hydrogen-bond donors (Lipinski definition) is 2. The lowest BCUT2D eigenvalue weighted by Crippen LogP contribution is -2.38. The zero-order valence-corrected chi connectivity index (χ0v) is 21.9. The van der Waals surface area contributed by atoms with Gasteiger partial charge in [0.15, 0.2) is 9.84 Å². The van der Waals surface area contributed by atoms with Crippen molar-refractivity contribution in [2.75, 3.05) is 23.0 Å². The first-order valence-corrected chi connectivity index (χ1v) is 14.2. The molecule has 0 saturated carbocycles. The third-order valence-corrected chi connectivity index (χ3v) is 8.20. The molecule has 1 aromatic heterocycles. The van der Waals surface area contributed by atoms with Crippen LogP contribution in [0.1, 0.15) is 54.1 Å². The summed E-state index contributed by atoms with van der Waals surface area (Å²) < 4.78 is 24.0. The van der Waals surface area contributed by atoms with Crippen molar-refractivity contribution in [1.82, 2.24) is 14.9 Å². The summed E-state index contributed by atoms with van der Waals surface area (Å²) in [6, 6.07) is 12.7. The number of benzene rings is 2. The fourth-order valence-electron chi connectivity index (χ4n) is 5.30. The Hall–Kier alpha value is -3.34. The Morgan fingerprint density at radius 2 is 1.92 bits per heavy atom. The molecule has 0 spiro atoms. The number of nitrogens with zero attached hydrogens (tertiary/aromatic N) is 4. The van der Waals surface area contributed by atoms with Crippen molar-refractivity contribution in [2.24, 2.45) is 0 Å². The number of amides is 1. The van der Waals surface area contributed by atoms with Gasteiger partial charge in [-0.15, -0.1) is 0 Å². The van der Waals surface area contributed by atoms with Gasteiger partial charge >= 0.3 is 0 Å². The number of carbonyl (C=O) groups is 1. The lowest BCUT2D eigenvalue weighted by atomic mass is 10.0. The fourth-order valence-corrected chi connectivity index (χ4v) is 5.97. The van der Waals surface area contributed by atoms with Crippen LogP contribution in [0.25, 0.3) is 0 Å². The van der Waals surface area contributed by atoms with E-state index in [1.54, 1.807) is 36.4 Å². The highest BCUT2D eigenvalue weighted by atomic mass is 32.2. The minimum atomic E-state index is -3.39. The van der Waals surface area contributed by atoms with Gasteiger partial charge < -0.3 is 15.3 Å². The van der Waals surface area contributed by atoms with E-state index in [0.29, 0.717) is 22.8 Å². The van der Waals surface area contributed by atoms with E-state index in [4.69, 9.17) is 0 Å². The predicted molar refractivity (Wildman–Crippen MR) is 141 cm³/mol. The number of carbonyl (C=O) groups excluding carboxylic acids is 1. The number of aryl methyl sites for hydroxylation is 1. The number of aliphatic hydroxyl groups is 1. The van der Waals surface area contributed by atoms with Crippen molar-refractivity contribution >= 4 is 27.4 Å². The van der Waals surface area contributed by atoms with Crippen LogP contribution in [-0.4, -0.2) is 53.3 Å². The Bertz CT molecular complexity index is 1420. The standard InChI is InChI=1S/C27H31N5O4S/c1-17-6-4-7-19(12-17)24-8-5-11-31(24)27-28-14-21(15-29-27)30-26(34)25-23-10-9-22(37(3,35)36)13-20(23)16-32(25)18(2)33/h4,6-7,9-10,12-15,18,24-25,33H,5,8,11,16H2,1-3H3,(H,30,34)/t18?,24?,25-/m1/s1. The lowest BCUT2D eigenvalue weighted by Gasteiger charge is -2.27. The van der Waals surface area contributed by atoms with Gasteiger partial charge in [0.2, 0.25) is 11.9 Å². The lowest BCUT2D eigenvalue weighted by molar-refractivity contribution is -0.125. The molecule has 1 amide bonds. The average molecular weight is 522 g/mol. The van der Waals surface area contributed by atoms with Gasteiger partial charge in [-0.2, -0.15) is 0 Å². The molecule has 0 aliphatic carbocycles. The Balaban J connectivity index is 1.34. The average Bonchev–Trinajstić information content (AvgIpc) is 3.49. The van der Waals surface area contributed by atoms with Gasteiger partial charge in [0, 0.05) is 19.3 Å². The summed E-state index contributed by atoms with van der Waals surface area (Å²) in [4.78, 5) is 26.4. The molecule has 1 fully saturated rings. The van der Waals surface area contributed by atoms with Crippen molar-refractivity contribution in [3.05, 3.63) is 77.1 Å². The van der Waals surface area contributed by atoms with E-state index in [-0.39, 0.29) is 23.4 Å². The van der Waals surface area contributed by atoms with Gasteiger partial charge in [-0.1, -0.05) is 35.9 Å². The van der Waals surface area contributed by atoms with Crippen LogP contribution in [-0.2, 0) is 21.2 Å². The second-order valence-electron chi connectivity index (χ2n) is 9.87. The third-order valence-electron chi connectivity index (χ3n) is 7.09. The predicted octanol–water partition coefficient (Wildman–Crippen LogP) is 3.36. The van der Waals surface area contributed by atoms with Gasteiger partial charge in [-0.05, 0) is 55.5 Å². The Kier molecular flexibility index (Phi) is 6.74. The molecule has 2 aromatic carbocycles. The number of nitrogens with one attached hydrogen (secondary N) is 1. The summed E-state index contributed by atoms with van der Waals surface area (Å²) in [5, 5.41) is 13.2. The number of anilines is 2. The molecule has 0 bridgehead atoms. The SMILES string of the molecule is Cc1cccc(C2CCCN2c2ncc(NC(=O)[C@H]3c4ccc(S(C)(=O)=O)cc4CN3C(C)O)cn2)c1. The van der Waals surface area contributed by atoms with E-state index < -0.39 is 22.1 Å². The van der Waals surface area contributed by atoms with E-state index in [9.17, 15) is 18.3 Å². The van der Waals surface area contributed by atoms with Gasteiger partial charge in [0.25, 0.3) is 0 Å². The maximum atomic E-state index is 13.3. The van der Waals surface area contributed by atoms with Crippen molar-refractivity contribution in [2.45, 2.75) is 56.4 Å². The van der Waals surface area contributed by atoms with Gasteiger partial charge in [-0.25, -0.2) is 18.4 Å². The number of fused-ring (bicyclic) bond motifs is 1. The van der Waals surface area contributed by atoms with Crippen LogP contribution in [0, 0.1) is 6.92 Å². The van der Waals surface area contributed by atoms with Crippen LogP contribution in [0.4, 0.5) is 11.6 Å². The van der Waals surface area contributed by atoms with Crippen LogP contribution >= 0.6 is 0 Å². The highest BCUT2D eigenvalue weighted by Crippen LogP contribution is 2.37. The molecule has 3 atom stereocenters. The molecule has 5 rings (SSSR count). The maximum absolute atomic E-state index is 13.3. The Labute approximate surface area is 217 Å². The number of hydrogen-bond acceptors (Lipinski definition) is 8. The van der Waals surface area contributed by atoms with E-state index in [0.717, 1.165) is 25.6 Å². The molecule has 2 aliphatic rings. The smallest absolute Gasteiger partial charge is 0.246 e. The molecule has 194 valence electrons. The van der Waals surface area contributed by atoms with Crippen molar-refractivity contribution in [3.8, 4) is 0 Å². The number of rotatable bonds is 6. The van der Waals surface area contributed by atoms with Gasteiger partial charge in [-0.3, -0.25) is 9.69 Å². The normalized spacial score (nSPS) is 20.6. The molecular weight excluding hydrogens is 490 g/mol. The van der Waals surface area contributed by atoms with E-state index in [1.165, 1.54) is 17.2 Å². The van der Waals surface area contributed by atoms with Crippen LogP contribution in [0.2, 0.25) is 0 Å². The number of aliphatic hydroxyl groups excluding tert-OH is 1. The largest absolute Gasteiger partial charge is 0.379 e. The molecule has 3 aromatic rings. The monoisotopic (exact) mass is 521 g/mol. The summed E-state index contributed by atoms with van der Waals surface area (Å²) in [5.41, 5.74) is 4.28. The molecule has 9 nitrogen and oxygen atoms in total. The third kappa shape index (κ3) is 5.09. The summed E-state index contributed by atoms with van der Waals surface area (Å²) in [7, 11) is -3.39. The van der Waals surface area contributed by atoms with Gasteiger partial charge in [0.05, 0.1) is 29.0 Å². The first-order valence-electron chi connectivity index (χ1n) is 12.3. The first-order chi connectivity index (χ1) is 17.6. The van der Waals surface area contributed by atoms with Crippen molar-refractivity contribution in [1.29, 1.82) is 0 Å². The second-order valence-corrected chi connectivity index (χ2v) is 11.9. The van der Waals surface area contributed by atoms with Crippen LogP contribution < -0.4 is 10.2 Å². The molecule has 37 heavy (non-hydrogen) atoms.